The van der Waals surface area contributed by atoms with Gasteiger partial charge in [-0.3, -0.25) is 4.79 Å². The van der Waals surface area contributed by atoms with Gasteiger partial charge in [-0.15, -0.1) is 5.10 Å². The van der Waals surface area contributed by atoms with E-state index < -0.39 is 0 Å². The normalized spacial score (nSPS) is 17.7. The van der Waals surface area contributed by atoms with Crippen LogP contribution in [0.2, 0.25) is 5.02 Å². The van der Waals surface area contributed by atoms with Gasteiger partial charge in [0.1, 0.15) is 0 Å². The Hall–Kier alpha value is -0.850. The van der Waals surface area contributed by atoms with E-state index >= 15 is 0 Å². The number of carbonyl (C=O) groups excluding carboxylic acids is 1. The number of benzene rings is 1. The van der Waals surface area contributed by atoms with E-state index in [1.807, 2.05) is 19.1 Å². The number of carbonyl (C=O) groups is 1. The number of nitrogens with zero attached hydrogens (tertiary/aromatic N) is 2. The Balaban J connectivity index is 2.17. The minimum absolute atomic E-state index is 0.0507. The number of hydrogen-bond acceptors (Lipinski definition) is 4. The first kappa shape index (κ1) is 13.6. The van der Waals surface area contributed by atoms with E-state index in [0.29, 0.717) is 15.9 Å². The van der Waals surface area contributed by atoms with Gasteiger partial charge in [-0.2, -0.15) is 5.10 Å². The Bertz CT molecular complexity index is 559. The molecule has 1 N–H and O–H groups in total. The lowest BCUT2D eigenvalue weighted by Crippen LogP contribution is -2.19. The fraction of sp³-hybridized carbons (Fsp3) is 0.182. The molecule has 7 heteroatoms. The van der Waals surface area contributed by atoms with Crippen LogP contribution in [0, 0.1) is 6.92 Å². The van der Waals surface area contributed by atoms with Gasteiger partial charge in [0.25, 0.3) is 0 Å². The highest BCUT2D eigenvalue weighted by atomic mass is 79.9. The SMILES string of the molecule is Cc1cc(Br)c(Cl)c(C=NN=C2NC(=O)CS2)c1. The summed E-state index contributed by atoms with van der Waals surface area (Å²) in [5.41, 5.74) is 1.85. The first-order chi connectivity index (χ1) is 8.56. The lowest BCUT2D eigenvalue weighted by atomic mass is 10.1. The molecule has 0 bridgehead atoms. The maximum atomic E-state index is 10.9. The molecule has 1 aromatic carbocycles. The van der Waals surface area contributed by atoms with Gasteiger partial charge in [-0.25, -0.2) is 0 Å². The van der Waals surface area contributed by atoms with E-state index in [2.05, 4.69) is 31.4 Å². The topological polar surface area (TPSA) is 53.8 Å². The van der Waals surface area contributed by atoms with Crippen molar-refractivity contribution < 1.29 is 4.79 Å². The summed E-state index contributed by atoms with van der Waals surface area (Å²) in [5, 5.41) is 11.5. The predicted molar refractivity (Wildman–Crippen MR) is 79.5 cm³/mol. The van der Waals surface area contributed by atoms with Gasteiger partial charge >= 0.3 is 0 Å². The summed E-state index contributed by atoms with van der Waals surface area (Å²) in [7, 11) is 0. The van der Waals surface area contributed by atoms with Crippen molar-refractivity contribution in [3.05, 3.63) is 32.8 Å². The number of nitrogens with one attached hydrogen (secondary N) is 1. The largest absolute Gasteiger partial charge is 0.303 e. The molecule has 0 unspecified atom stereocenters. The number of thioether (sulfide) groups is 1. The van der Waals surface area contributed by atoms with Crippen LogP contribution in [0.5, 0.6) is 0 Å². The summed E-state index contributed by atoms with van der Waals surface area (Å²) in [6.07, 6.45) is 1.57. The average Bonchev–Trinajstić information content (AvgIpc) is 2.71. The Morgan fingerprint density at radius 3 is 3.00 bits per heavy atom. The van der Waals surface area contributed by atoms with Gasteiger partial charge < -0.3 is 5.32 Å². The lowest BCUT2D eigenvalue weighted by molar-refractivity contribution is -0.116. The maximum Gasteiger partial charge on any atom is 0.236 e. The van der Waals surface area contributed by atoms with Gasteiger partial charge in [0.2, 0.25) is 5.91 Å². The highest BCUT2D eigenvalue weighted by Gasteiger charge is 2.15. The smallest absolute Gasteiger partial charge is 0.236 e. The first-order valence-electron chi connectivity index (χ1n) is 5.05. The van der Waals surface area contributed by atoms with Crippen LogP contribution in [0.4, 0.5) is 0 Å². The van der Waals surface area contributed by atoms with Crippen LogP contribution < -0.4 is 5.32 Å². The van der Waals surface area contributed by atoms with Crippen LogP contribution in [0.1, 0.15) is 11.1 Å². The second kappa shape index (κ2) is 5.86. The number of amidine groups is 1. The van der Waals surface area contributed by atoms with Crippen molar-refractivity contribution in [2.24, 2.45) is 10.2 Å². The van der Waals surface area contributed by atoms with E-state index in [9.17, 15) is 4.79 Å². The molecule has 18 heavy (non-hydrogen) atoms. The average molecular weight is 347 g/mol. The Morgan fingerprint density at radius 2 is 2.33 bits per heavy atom. The van der Waals surface area contributed by atoms with E-state index in [0.717, 1.165) is 15.6 Å². The van der Waals surface area contributed by atoms with Gasteiger partial charge in [0.05, 0.1) is 17.0 Å². The molecule has 0 aromatic heterocycles. The number of hydrogen-bond donors (Lipinski definition) is 1. The molecule has 2 rings (SSSR count). The number of rotatable bonds is 2. The van der Waals surface area contributed by atoms with Crippen LogP contribution in [-0.4, -0.2) is 23.0 Å². The molecule has 0 radical (unpaired) electrons. The molecule has 1 aliphatic rings. The predicted octanol–water partition coefficient (Wildman–Crippen LogP) is 2.96. The molecular weight excluding hydrogens is 338 g/mol. The van der Waals surface area contributed by atoms with E-state index in [1.54, 1.807) is 6.21 Å². The Kier molecular flexibility index (Phi) is 4.42. The lowest BCUT2D eigenvalue weighted by Gasteiger charge is -2.02. The molecule has 1 saturated heterocycles. The molecule has 0 atom stereocenters. The van der Waals surface area contributed by atoms with Gasteiger partial charge in [0.15, 0.2) is 5.17 Å². The zero-order valence-corrected chi connectivity index (χ0v) is 12.6. The number of amides is 1. The molecule has 0 saturated carbocycles. The van der Waals surface area contributed by atoms with Crippen LogP contribution in [0.15, 0.2) is 26.8 Å². The Labute approximate surface area is 122 Å². The number of halogens is 2. The summed E-state index contributed by atoms with van der Waals surface area (Å²) in [5.74, 6) is 0.343. The van der Waals surface area contributed by atoms with Crippen molar-refractivity contribution in [3.63, 3.8) is 0 Å². The Morgan fingerprint density at radius 1 is 1.56 bits per heavy atom. The summed E-state index contributed by atoms with van der Waals surface area (Å²) < 4.78 is 0.821. The standard InChI is InChI=1S/C11H9BrClN3OS/c1-6-2-7(10(13)8(12)3-6)4-14-16-11-15-9(17)5-18-11/h2-4H,5H2,1H3,(H,15,16,17). The zero-order valence-electron chi connectivity index (χ0n) is 9.41. The summed E-state index contributed by atoms with van der Waals surface area (Å²) in [6.45, 7) is 1.97. The molecule has 1 fully saturated rings. The van der Waals surface area contributed by atoms with Crippen molar-refractivity contribution in [2.45, 2.75) is 6.92 Å². The molecule has 0 spiro atoms. The van der Waals surface area contributed by atoms with Crippen molar-refractivity contribution in [1.29, 1.82) is 0 Å². The monoisotopic (exact) mass is 345 g/mol. The van der Waals surface area contributed by atoms with Crippen LogP contribution >= 0.6 is 39.3 Å². The molecule has 1 aliphatic heterocycles. The quantitative estimate of drug-likeness (QED) is 0.661. The molecule has 1 aromatic rings. The summed E-state index contributed by atoms with van der Waals surface area (Å²) in [4.78, 5) is 10.9. The van der Waals surface area contributed by atoms with E-state index in [1.165, 1.54) is 11.8 Å². The second-order valence-corrected chi connectivity index (χ2v) is 5.83. The van der Waals surface area contributed by atoms with Crippen LogP contribution in [0.25, 0.3) is 0 Å². The molecular formula is C11H9BrClN3OS. The van der Waals surface area contributed by atoms with Crippen molar-refractivity contribution in [1.82, 2.24) is 5.32 Å². The fourth-order valence-electron chi connectivity index (χ4n) is 1.37. The fourth-order valence-corrected chi connectivity index (χ4v) is 2.75. The highest BCUT2D eigenvalue weighted by Crippen LogP contribution is 2.26. The molecule has 1 amide bonds. The molecule has 1 heterocycles. The van der Waals surface area contributed by atoms with Gasteiger partial charge in [0, 0.05) is 10.0 Å². The summed E-state index contributed by atoms with van der Waals surface area (Å²) >= 11 is 10.8. The van der Waals surface area contributed by atoms with Crippen molar-refractivity contribution >= 4 is 56.6 Å². The zero-order chi connectivity index (χ0) is 13.1. The number of aryl methyl sites for hydroxylation is 1. The van der Waals surface area contributed by atoms with Crippen molar-refractivity contribution in [3.8, 4) is 0 Å². The van der Waals surface area contributed by atoms with Crippen LogP contribution in [-0.2, 0) is 4.79 Å². The summed E-state index contributed by atoms with van der Waals surface area (Å²) in [6, 6.07) is 3.84. The third-order valence-corrected chi connectivity index (χ3v) is 4.27. The molecule has 4 nitrogen and oxygen atoms in total. The third kappa shape index (κ3) is 3.34. The van der Waals surface area contributed by atoms with Gasteiger partial charge in [-0.1, -0.05) is 23.4 Å². The van der Waals surface area contributed by atoms with Crippen molar-refractivity contribution in [2.75, 3.05) is 5.75 Å². The minimum atomic E-state index is -0.0507. The molecule has 94 valence electrons. The van der Waals surface area contributed by atoms with E-state index in [4.69, 9.17) is 11.6 Å². The maximum absolute atomic E-state index is 10.9. The van der Waals surface area contributed by atoms with E-state index in [-0.39, 0.29) is 5.91 Å². The highest BCUT2D eigenvalue weighted by molar-refractivity contribution is 9.10. The third-order valence-electron chi connectivity index (χ3n) is 2.13. The minimum Gasteiger partial charge on any atom is -0.303 e. The van der Waals surface area contributed by atoms with Gasteiger partial charge in [-0.05, 0) is 40.5 Å². The second-order valence-electron chi connectivity index (χ2n) is 3.64. The van der Waals surface area contributed by atoms with Crippen LogP contribution in [0.3, 0.4) is 0 Å². The first-order valence-corrected chi connectivity index (χ1v) is 7.21. The molecule has 0 aliphatic carbocycles.